The number of carbonyl (C=O) groups excluding carboxylic acids is 3. The summed E-state index contributed by atoms with van der Waals surface area (Å²) >= 11 is 2.81. The van der Waals surface area contributed by atoms with Crippen LogP contribution in [0.25, 0.3) is 10.2 Å². The average Bonchev–Trinajstić information content (AvgIpc) is 2.87. The van der Waals surface area contributed by atoms with Crippen molar-refractivity contribution in [2.75, 3.05) is 5.75 Å². The van der Waals surface area contributed by atoms with E-state index in [9.17, 15) is 14.4 Å². The first kappa shape index (κ1) is 21.1. The number of nitrogens with one attached hydrogen (secondary N) is 2. The highest BCUT2D eigenvalue weighted by molar-refractivity contribution is 8.00. The first-order valence-electron chi connectivity index (χ1n) is 8.33. The van der Waals surface area contributed by atoms with Crippen molar-refractivity contribution in [2.24, 2.45) is 0 Å². The van der Waals surface area contributed by atoms with E-state index >= 15 is 0 Å². The largest absolute Gasteiger partial charge is 0.452 e. The second kappa shape index (κ2) is 9.14. The number of urea groups is 1. The molecule has 0 fully saturated rings. The summed E-state index contributed by atoms with van der Waals surface area (Å²) in [5.41, 5.74) is 1.09. The fraction of sp³-hybridized carbons (Fsp3) is 0.471. The normalized spacial score (nSPS) is 12.1. The van der Waals surface area contributed by atoms with E-state index in [1.54, 1.807) is 25.2 Å². The van der Waals surface area contributed by atoms with Crippen molar-refractivity contribution in [1.29, 1.82) is 0 Å². The van der Waals surface area contributed by atoms with Gasteiger partial charge in [-0.2, -0.15) is 0 Å². The van der Waals surface area contributed by atoms with Gasteiger partial charge in [-0.25, -0.2) is 14.8 Å². The highest BCUT2D eigenvalue weighted by atomic mass is 32.2. The molecule has 2 heterocycles. The molecule has 0 saturated heterocycles. The number of rotatable bonds is 6. The van der Waals surface area contributed by atoms with Gasteiger partial charge in [0.1, 0.15) is 16.2 Å². The Kier molecular flexibility index (Phi) is 7.14. The lowest BCUT2D eigenvalue weighted by atomic mass is 10.2. The van der Waals surface area contributed by atoms with E-state index in [4.69, 9.17) is 4.74 Å². The summed E-state index contributed by atoms with van der Waals surface area (Å²) in [6.45, 7) is 8.96. The van der Waals surface area contributed by atoms with Crippen molar-refractivity contribution in [3.8, 4) is 0 Å². The van der Waals surface area contributed by atoms with E-state index in [1.807, 2.05) is 13.8 Å². The number of aryl methyl sites for hydroxylation is 2. The second-order valence-corrected chi connectivity index (χ2v) is 8.35. The third-order valence-corrected chi connectivity index (χ3v) is 5.67. The summed E-state index contributed by atoms with van der Waals surface area (Å²) in [5.74, 6) is -1.25. The SMILES string of the molecule is Cc1sc2ncnc(SCC(=O)O[C@@H](C)C(=O)NC(=O)NC(C)C)c2c1C. The predicted octanol–water partition coefficient (Wildman–Crippen LogP) is 2.57. The van der Waals surface area contributed by atoms with Gasteiger partial charge in [-0.1, -0.05) is 11.8 Å². The zero-order chi connectivity index (χ0) is 20.1. The Morgan fingerprint density at radius 3 is 2.59 bits per heavy atom. The van der Waals surface area contributed by atoms with Crippen LogP contribution < -0.4 is 10.6 Å². The van der Waals surface area contributed by atoms with Crippen molar-refractivity contribution in [2.45, 2.75) is 51.8 Å². The summed E-state index contributed by atoms with van der Waals surface area (Å²) in [6, 6.07) is -0.736. The van der Waals surface area contributed by atoms with Crippen molar-refractivity contribution in [3.05, 3.63) is 16.8 Å². The van der Waals surface area contributed by atoms with E-state index in [0.717, 1.165) is 20.7 Å². The van der Waals surface area contributed by atoms with Crippen LogP contribution in [-0.4, -0.2) is 45.8 Å². The van der Waals surface area contributed by atoms with Crippen LogP contribution in [0.4, 0.5) is 4.79 Å². The summed E-state index contributed by atoms with van der Waals surface area (Å²) < 4.78 is 5.09. The topological polar surface area (TPSA) is 110 Å². The van der Waals surface area contributed by atoms with Crippen LogP contribution in [-0.2, 0) is 14.3 Å². The van der Waals surface area contributed by atoms with Gasteiger partial charge in [-0.3, -0.25) is 14.9 Å². The second-order valence-electron chi connectivity index (χ2n) is 6.18. The number of imide groups is 1. The number of hydrogen-bond acceptors (Lipinski definition) is 8. The van der Waals surface area contributed by atoms with Crippen LogP contribution in [0.1, 0.15) is 31.2 Å². The van der Waals surface area contributed by atoms with Gasteiger partial charge in [0, 0.05) is 16.3 Å². The number of aromatic nitrogens is 2. The number of ether oxygens (including phenoxy) is 1. The van der Waals surface area contributed by atoms with E-state index < -0.39 is 24.0 Å². The molecule has 2 aromatic rings. The van der Waals surface area contributed by atoms with E-state index in [1.165, 1.54) is 25.0 Å². The predicted molar refractivity (Wildman–Crippen MR) is 105 cm³/mol. The summed E-state index contributed by atoms with van der Waals surface area (Å²) in [7, 11) is 0. The van der Waals surface area contributed by atoms with Crippen LogP contribution in [0.5, 0.6) is 0 Å². The highest BCUT2D eigenvalue weighted by Crippen LogP contribution is 2.34. The molecule has 0 bridgehead atoms. The number of fused-ring (bicyclic) bond motifs is 1. The first-order chi connectivity index (χ1) is 12.7. The molecule has 0 saturated carbocycles. The molecular weight excluding hydrogens is 388 g/mol. The number of carbonyl (C=O) groups is 3. The van der Waals surface area contributed by atoms with Gasteiger partial charge in [0.15, 0.2) is 6.10 Å². The minimum absolute atomic E-state index is 0.00371. The Morgan fingerprint density at radius 1 is 1.22 bits per heavy atom. The number of esters is 1. The maximum atomic E-state index is 12.1. The molecular formula is C17H22N4O4S2. The van der Waals surface area contributed by atoms with E-state index in [2.05, 4.69) is 20.6 Å². The molecule has 0 aromatic carbocycles. The molecule has 2 aromatic heterocycles. The molecule has 0 aliphatic heterocycles. The molecule has 0 aliphatic carbocycles. The van der Waals surface area contributed by atoms with Crippen LogP contribution in [0.15, 0.2) is 11.4 Å². The molecule has 0 aliphatic rings. The number of nitrogens with zero attached hydrogens (tertiary/aromatic N) is 2. The van der Waals surface area contributed by atoms with Gasteiger partial charge in [0.25, 0.3) is 5.91 Å². The smallest absolute Gasteiger partial charge is 0.321 e. The lowest BCUT2D eigenvalue weighted by Crippen LogP contribution is -2.46. The monoisotopic (exact) mass is 410 g/mol. The Morgan fingerprint density at radius 2 is 1.93 bits per heavy atom. The van der Waals surface area contributed by atoms with Crippen LogP contribution in [0.2, 0.25) is 0 Å². The standard InChI is InChI=1S/C17H22N4O4S2/c1-8(2)20-17(24)21-14(23)10(4)25-12(22)6-26-15-13-9(3)11(5)27-16(13)19-7-18-15/h7-8,10H,6H2,1-5H3,(H2,20,21,23,24)/t10-/m0/s1. The molecule has 2 N–H and O–H groups in total. The molecule has 0 radical (unpaired) electrons. The molecule has 146 valence electrons. The number of thiophene rings is 1. The quantitative estimate of drug-likeness (QED) is 0.428. The third kappa shape index (κ3) is 5.64. The fourth-order valence-corrected chi connectivity index (χ4v) is 4.08. The lowest BCUT2D eigenvalue weighted by Gasteiger charge is -2.14. The molecule has 2 rings (SSSR count). The summed E-state index contributed by atoms with van der Waals surface area (Å²) in [6.07, 6.45) is 0.390. The van der Waals surface area contributed by atoms with Crippen molar-refractivity contribution in [3.63, 3.8) is 0 Å². The van der Waals surface area contributed by atoms with Crippen molar-refractivity contribution >= 4 is 51.2 Å². The van der Waals surface area contributed by atoms with Crippen LogP contribution in [0.3, 0.4) is 0 Å². The average molecular weight is 411 g/mol. The lowest BCUT2D eigenvalue weighted by molar-refractivity contribution is -0.151. The molecule has 1 atom stereocenters. The minimum Gasteiger partial charge on any atom is -0.452 e. The van der Waals surface area contributed by atoms with Gasteiger partial charge in [0.05, 0.1) is 5.75 Å². The zero-order valence-corrected chi connectivity index (χ0v) is 17.4. The molecule has 8 nitrogen and oxygen atoms in total. The first-order valence-corrected chi connectivity index (χ1v) is 10.1. The molecule has 10 heteroatoms. The number of amides is 3. The Bertz CT molecular complexity index is 866. The number of hydrogen-bond donors (Lipinski definition) is 2. The maximum absolute atomic E-state index is 12.1. The zero-order valence-electron chi connectivity index (χ0n) is 15.8. The fourth-order valence-electron chi connectivity index (χ4n) is 2.18. The highest BCUT2D eigenvalue weighted by Gasteiger charge is 2.21. The van der Waals surface area contributed by atoms with Gasteiger partial charge in [-0.15, -0.1) is 11.3 Å². The van der Waals surface area contributed by atoms with Gasteiger partial charge >= 0.3 is 12.0 Å². The molecule has 0 unspecified atom stereocenters. The van der Waals surface area contributed by atoms with Crippen LogP contribution in [0, 0.1) is 13.8 Å². The minimum atomic E-state index is -1.08. The molecule has 3 amide bonds. The molecule has 0 spiro atoms. The maximum Gasteiger partial charge on any atom is 0.321 e. The third-order valence-electron chi connectivity index (χ3n) is 3.59. The van der Waals surface area contributed by atoms with Gasteiger partial charge in [-0.05, 0) is 40.2 Å². The van der Waals surface area contributed by atoms with Gasteiger partial charge in [0.2, 0.25) is 0 Å². The summed E-state index contributed by atoms with van der Waals surface area (Å²) in [5, 5.41) is 6.30. The Hall–Kier alpha value is -2.20. The van der Waals surface area contributed by atoms with E-state index in [0.29, 0.717) is 5.03 Å². The molecule has 27 heavy (non-hydrogen) atoms. The van der Waals surface area contributed by atoms with Crippen LogP contribution >= 0.6 is 23.1 Å². The Labute approximate surface area is 165 Å². The van der Waals surface area contributed by atoms with E-state index in [-0.39, 0.29) is 11.8 Å². The van der Waals surface area contributed by atoms with Crippen molar-refractivity contribution in [1.82, 2.24) is 20.6 Å². The van der Waals surface area contributed by atoms with Crippen molar-refractivity contribution < 1.29 is 19.1 Å². The van der Waals surface area contributed by atoms with Gasteiger partial charge < -0.3 is 10.1 Å². The Balaban J connectivity index is 1.91. The summed E-state index contributed by atoms with van der Waals surface area (Å²) in [4.78, 5) is 46.0. The number of thioether (sulfide) groups is 1.